The van der Waals surface area contributed by atoms with Gasteiger partial charge in [0.15, 0.2) is 6.29 Å². The SMILES string of the molecule is CCOC(O)C1=CC2=CC(OC)=C(Br)CC2S1. The standard InChI is InChI=1S/C12H15BrO3S/c1-3-16-12(14)11-5-7-4-9(15-2)8(13)6-10(7)17-11/h4-5,10,12,14H,3,6H2,1-2H3. The van der Waals surface area contributed by atoms with Crippen molar-refractivity contribution >= 4 is 27.7 Å². The lowest BCUT2D eigenvalue weighted by atomic mass is 10.0. The number of aliphatic hydroxyl groups is 1. The summed E-state index contributed by atoms with van der Waals surface area (Å²) in [5.41, 5.74) is 1.18. The highest BCUT2D eigenvalue weighted by Crippen LogP contribution is 2.45. The van der Waals surface area contributed by atoms with E-state index in [0.717, 1.165) is 21.6 Å². The third-order valence-electron chi connectivity index (χ3n) is 2.68. The molecule has 0 saturated heterocycles. The summed E-state index contributed by atoms with van der Waals surface area (Å²) >= 11 is 5.18. The normalized spacial score (nSPS) is 25.3. The van der Waals surface area contributed by atoms with Crippen molar-refractivity contribution < 1.29 is 14.6 Å². The average Bonchev–Trinajstić information content (AvgIpc) is 2.71. The summed E-state index contributed by atoms with van der Waals surface area (Å²) in [5.74, 6) is 0.861. The quantitative estimate of drug-likeness (QED) is 0.809. The minimum absolute atomic E-state index is 0.355. The number of rotatable bonds is 4. The van der Waals surface area contributed by atoms with Gasteiger partial charge in [0.1, 0.15) is 5.76 Å². The smallest absolute Gasteiger partial charge is 0.187 e. The second-order valence-corrected chi connectivity index (χ2v) is 6.02. The van der Waals surface area contributed by atoms with E-state index in [2.05, 4.69) is 15.9 Å². The molecule has 17 heavy (non-hydrogen) atoms. The van der Waals surface area contributed by atoms with Gasteiger partial charge in [-0.2, -0.15) is 0 Å². The highest BCUT2D eigenvalue weighted by atomic mass is 79.9. The zero-order valence-electron chi connectivity index (χ0n) is 9.77. The second-order valence-electron chi connectivity index (χ2n) is 3.78. The predicted octanol–water partition coefficient (Wildman–Crippen LogP) is 2.92. The van der Waals surface area contributed by atoms with Crippen LogP contribution in [-0.4, -0.2) is 30.4 Å². The molecule has 0 aromatic heterocycles. The van der Waals surface area contributed by atoms with E-state index >= 15 is 0 Å². The van der Waals surface area contributed by atoms with Crippen molar-refractivity contribution in [2.45, 2.75) is 24.9 Å². The Balaban J connectivity index is 2.16. The Kier molecular flexibility index (Phi) is 4.36. The zero-order valence-corrected chi connectivity index (χ0v) is 12.2. The van der Waals surface area contributed by atoms with Crippen LogP contribution >= 0.6 is 27.7 Å². The van der Waals surface area contributed by atoms with Crippen LogP contribution in [0.15, 0.2) is 32.9 Å². The second kappa shape index (κ2) is 5.61. The molecule has 5 heteroatoms. The molecule has 2 aliphatic rings. The molecule has 0 spiro atoms. The molecule has 1 heterocycles. The topological polar surface area (TPSA) is 38.7 Å². The van der Waals surface area contributed by atoms with Crippen LogP contribution in [0.4, 0.5) is 0 Å². The highest BCUT2D eigenvalue weighted by Gasteiger charge is 2.31. The molecule has 0 bridgehead atoms. The molecule has 0 aromatic carbocycles. The van der Waals surface area contributed by atoms with Gasteiger partial charge in [0.25, 0.3) is 0 Å². The minimum Gasteiger partial charge on any atom is -0.496 e. The fraction of sp³-hybridized carbons (Fsp3) is 0.500. The lowest BCUT2D eigenvalue weighted by Crippen LogP contribution is -2.13. The van der Waals surface area contributed by atoms with Crippen molar-refractivity contribution in [3.05, 3.63) is 32.9 Å². The molecule has 0 fully saturated rings. The number of ether oxygens (including phenoxy) is 2. The maximum atomic E-state index is 9.79. The summed E-state index contributed by atoms with van der Waals surface area (Å²) in [4.78, 5) is 0.876. The van der Waals surface area contributed by atoms with Gasteiger partial charge in [0.2, 0.25) is 0 Å². The molecular formula is C12H15BrO3S. The van der Waals surface area contributed by atoms with Crippen molar-refractivity contribution in [2.75, 3.05) is 13.7 Å². The fourth-order valence-electron chi connectivity index (χ4n) is 1.85. The number of halogens is 1. The predicted molar refractivity (Wildman–Crippen MR) is 72.8 cm³/mol. The van der Waals surface area contributed by atoms with Crippen LogP contribution in [0.1, 0.15) is 13.3 Å². The number of methoxy groups -OCH3 is 1. The summed E-state index contributed by atoms with van der Waals surface area (Å²) in [6.07, 6.45) is 4.09. The Morgan fingerprint density at radius 2 is 2.35 bits per heavy atom. The lowest BCUT2D eigenvalue weighted by Gasteiger charge is -2.19. The molecule has 0 saturated carbocycles. The number of allylic oxidation sites excluding steroid dienone is 3. The number of aliphatic hydroxyl groups excluding tert-OH is 1. The summed E-state index contributed by atoms with van der Waals surface area (Å²) < 4.78 is 11.5. The van der Waals surface area contributed by atoms with Gasteiger partial charge in [-0.05, 0) is 31.1 Å². The molecule has 0 radical (unpaired) electrons. The van der Waals surface area contributed by atoms with E-state index in [0.29, 0.717) is 11.9 Å². The lowest BCUT2D eigenvalue weighted by molar-refractivity contribution is -0.0612. The van der Waals surface area contributed by atoms with Gasteiger partial charge in [-0.3, -0.25) is 0 Å². The third kappa shape index (κ3) is 2.78. The van der Waals surface area contributed by atoms with Gasteiger partial charge in [-0.1, -0.05) is 15.9 Å². The Morgan fingerprint density at radius 1 is 1.59 bits per heavy atom. The molecule has 0 aromatic rings. The van der Waals surface area contributed by atoms with Crippen molar-refractivity contribution in [1.82, 2.24) is 0 Å². The first-order valence-electron chi connectivity index (χ1n) is 5.47. The highest BCUT2D eigenvalue weighted by molar-refractivity contribution is 9.11. The molecule has 1 aliphatic heterocycles. The number of hydrogen-bond donors (Lipinski definition) is 1. The Hall–Kier alpha value is -0.230. The fourth-order valence-corrected chi connectivity index (χ4v) is 3.90. The third-order valence-corrected chi connectivity index (χ3v) is 4.71. The Labute approximate surface area is 114 Å². The van der Waals surface area contributed by atoms with E-state index in [1.807, 2.05) is 19.1 Å². The Bertz CT molecular complexity index is 401. The van der Waals surface area contributed by atoms with Gasteiger partial charge < -0.3 is 14.6 Å². The molecule has 2 rings (SSSR count). The molecule has 1 aliphatic carbocycles. The van der Waals surface area contributed by atoms with Crippen LogP contribution in [0, 0.1) is 0 Å². The summed E-state index contributed by atoms with van der Waals surface area (Å²) in [7, 11) is 1.66. The van der Waals surface area contributed by atoms with Crippen molar-refractivity contribution in [3.8, 4) is 0 Å². The summed E-state index contributed by atoms with van der Waals surface area (Å²) in [5, 5.41) is 10.1. The maximum absolute atomic E-state index is 9.79. The van der Waals surface area contributed by atoms with Crippen molar-refractivity contribution in [2.24, 2.45) is 0 Å². The van der Waals surface area contributed by atoms with Crippen LogP contribution in [0.25, 0.3) is 0 Å². The zero-order chi connectivity index (χ0) is 12.4. The van der Waals surface area contributed by atoms with Gasteiger partial charge in [-0.15, -0.1) is 11.8 Å². The van der Waals surface area contributed by atoms with Crippen LogP contribution in [-0.2, 0) is 9.47 Å². The maximum Gasteiger partial charge on any atom is 0.187 e. The minimum atomic E-state index is -0.804. The first kappa shape index (κ1) is 13.2. The van der Waals surface area contributed by atoms with Gasteiger partial charge in [0, 0.05) is 21.2 Å². The van der Waals surface area contributed by atoms with E-state index in [4.69, 9.17) is 9.47 Å². The van der Waals surface area contributed by atoms with Crippen molar-refractivity contribution in [1.29, 1.82) is 0 Å². The van der Waals surface area contributed by atoms with E-state index in [1.54, 1.807) is 18.9 Å². The van der Waals surface area contributed by atoms with Crippen LogP contribution in [0.2, 0.25) is 0 Å². The first-order valence-corrected chi connectivity index (χ1v) is 7.15. The molecule has 2 atom stereocenters. The number of hydrogen-bond acceptors (Lipinski definition) is 4. The number of fused-ring (bicyclic) bond motifs is 1. The van der Waals surface area contributed by atoms with E-state index in [9.17, 15) is 5.11 Å². The first-order chi connectivity index (χ1) is 8.15. The van der Waals surface area contributed by atoms with Crippen LogP contribution < -0.4 is 0 Å². The molecule has 2 unspecified atom stereocenters. The molecular weight excluding hydrogens is 304 g/mol. The van der Waals surface area contributed by atoms with Gasteiger partial charge >= 0.3 is 0 Å². The van der Waals surface area contributed by atoms with Gasteiger partial charge in [-0.25, -0.2) is 0 Å². The van der Waals surface area contributed by atoms with E-state index in [-0.39, 0.29) is 0 Å². The largest absolute Gasteiger partial charge is 0.496 e. The molecule has 1 N–H and O–H groups in total. The van der Waals surface area contributed by atoms with Crippen LogP contribution in [0.5, 0.6) is 0 Å². The monoisotopic (exact) mass is 318 g/mol. The van der Waals surface area contributed by atoms with E-state index in [1.165, 1.54) is 5.57 Å². The molecule has 3 nitrogen and oxygen atoms in total. The average molecular weight is 319 g/mol. The number of thioether (sulfide) groups is 1. The summed E-state index contributed by atoms with van der Waals surface area (Å²) in [6.45, 7) is 2.38. The Morgan fingerprint density at radius 3 is 3.00 bits per heavy atom. The molecule has 0 amide bonds. The summed E-state index contributed by atoms with van der Waals surface area (Å²) in [6, 6.07) is 0. The van der Waals surface area contributed by atoms with Gasteiger partial charge in [0.05, 0.1) is 7.11 Å². The van der Waals surface area contributed by atoms with E-state index < -0.39 is 6.29 Å². The molecule has 94 valence electrons. The van der Waals surface area contributed by atoms with Crippen molar-refractivity contribution in [3.63, 3.8) is 0 Å². The van der Waals surface area contributed by atoms with Crippen LogP contribution in [0.3, 0.4) is 0 Å².